The first-order chi connectivity index (χ1) is 8.71. The summed E-state index contributed by atoms with van der Waals surface area (Å²) in [5.74, 6) is 0. The Hall–Kier alpha value is -0.500. The van der Waals surface area contributed by atoms with Crippen molar-refractivity contribution in [2.75, 3.05) is 0 Å². The second-order valence-electron chi connectivity index (χ2n) is 5.04. The Balaban J connectivity index is 2.35. The van der Waals surface area contributed by atoms with Crippen LogP contribution in [-0.2, 0) is 6.42 Å². The van der Waals surface area contributed by atoms with Crippen LogP contribution in [0, 0.1) is 0 Å². The average molecular weight is 271 g/mol. The lowest BCUT2D eigenvalue weighted by Crippen LogP contribution is -2.08. The van der Waals surface area contributed by atoms with Crippen LogP contribution in [0.2, 0.25) is 0 Å². The quantitative estimate of drug-likeness (QED) is 0.579. The van der Waals surface area contributed by atoms with Crippen LogP contribution in [0.1, 0.15) is 71.0 Å². The second kappa shape index (κ2) is 8.58. The number of hydrogen-bond donors (Lipinski definition) is 0. The standard InChI is InChI=1S/C15H27ClN2/c1-4-8-13(16)9-7-10-14-11-12-18(17-14)15(5-2)6-3/h11-13,15H,4-10H2,1-3H3. The van der Waals surface area contributed by atoms with E-state index in [-0.39, 0.29) is 0 Å². The lowest BCUT2D eigenvalue weighted by molar-refractivity contribution is 0.425. The topological polar surface area (TPSA) is 17.8 Å². The predicted molar refractivity (Wildman–Crippen MR) is 79.3 cm³/mol. The predicted octanol–water partition coefficient (Wildman–Crippen LogP) is 4.97. The molecule has 104 valence electrons. The van der Waals surface area contributed by atoms with Crippen LogP contribution in [-0.4, -0.2) is 15.2 Å². The van der Waals surface area contributed by atoms with Gasteiger partial charge in [-0.3, -0.25) is 4.68 Å². The Labute approximate surface area is 117 Å². The maximum absolute atomic E-state index is 6.22. The molecule has 0 radical (unpaired) electrons. The number of aryl methyl sites for hydroxylation is 1. The summed E-state index contributed by atoms with van der Waals surface area (Å²) in [7, 11) is 0. The van der Waals surface area contributed by atoms with Crippen molar-refractivity contribution in [3.63, 3.8) is 0 Å². The van der Waals surface area contributed by atoms with Crippen LogP contribution in [0.3, 0.4) is 0 Å². The van der Waals surface area contributed by atoms with Gasteiger partial charge in [0.1, 0.15) is 0 Å². The minimum absolute atomic E-state index is 0.344. The molecule has 3 heteroatoms. The van der Waals surface area contributed by atoms with Crippen LogP contribution in [0.4, 0.5) is 0 Å². The number of rotatable bonds is 9. The molecule has 0 saturated heterocycles. The van der Waals surface area contributed by atoms with Crippen molar-refractivity contribution in [2.24, 2.45) is 0 Å². The highest BCUT2D eigenvalue weighted by molar-refractivity contribution is 6.20. The van der Waals surface area contributed by atoms with Crippen LogP contribution in [0.5, 0.6) is 0 Å². The number of alkyl halides is 1. The number of nitrogens with zero attached hydrogens (tertiary/aromatic N) is 2. The molecule has 0 N–H and O–H groups in total. The number of hydrogen-bond acceptors (Lipinski definition) is 1. The Kier molecular flexibility index (Phi) is 7.41. The van der Waals surface area contributed by atoms with Crippen molar-refractivity contribution < 1.29 is 0 Å². The first-order valence-electron chi connectivity index (χ1n) is 7.39. The maximum Gasteiger partial charge on any atom is 0.0624 e. The summed E-state index contributed by atoms with van der Waals surface area (Å²) in [6.45, 7) is 6.63. The molecule has 1 aromatic rings. The zero-order valence-electron chi connectivity index (χ0n) is 12.0. The Morgan fingerprint density at radius 2 is 1.94 bits per heavy atom. The lowest BCUT2D eigenvalue weighted by Gasteiger charge is -2.12. The first kappa shape index (κ1) is 15.6. The molecule has 1 unspecified atom stereocenters. The van der Waals surface area contributed by atoms with E-state index in [0.717, 1.165) is 38.5 Å². The number of aromatic nitrogens is 2. The van der Waals surface area contributed by atoms with E-state index in [4.69, 9.17) is 11.6 Å². The third-order valence-electron chi connectivity index (χ3n) is 3.53. The van der Waals surface area contributed by atoms with Crippen molar-refractivity contribution in [1.29, 1.82) is 0 Å². The van der Waals surface area contributed by atoms with Gasteiger partial charge in [0.25, 0.3) is 0 Å². The molecular formula is C15H27ClN2. The summed E-state index contributed by atoms with van der Waals surface area (Å²) in [5.41, 5.74) is 1.21. The molecule has 1 heterocycles. The van der Waals surface area contributed by atoms with E-state index in [1.807, 2.05) is 0 Å². The van der Waals surface area contributed by atoms with Crippen LogP contribution in [0.15, 0.2) is 12.3 Å². The van der Waals surface area contributed by atoms with Gasteiger partial charge >= 0.3 is 0 Å². The summed E-state index contributed by atoms with van der Waals surface area (Å²) in [6, 6.07) is 2.71. The van der Waals surface area contributed by atoms with Crippen LogP contribution >= 0.6 is 11.6 Å². The fourth-order valence-electron chi connectivity index (χ4n) is 2.34. The highest BCUT2D eigenvalue weighted by Crippen LogP contribution is 2.17. The van der Waals surface area contributed by atoms with Crippen LogP contribution in [0.25, 0.3) is 0 Å². The second-order valence-corrected chi connectivity index (χ2v) is 5.65. The van der Waals surface area contributed by atoms with E-state index >= 15 is 0 Å². The third kappa shape index (κ3) is 5.01. The van der Waals surface area contributed by atoms with Crippen molar-refractivity contribution in [2.45, 2.75) is 77.1 Å². The molecular weight excluding hydrogens is 244 g/mol. The normalized spacial score (nSPS) is 13.2. The average Bonchev–Trinajstić information content (AvgIpc) is 2.80. The van der Waals surface area contributed by atoms with Crippen LogP contribution < -0.4 is 0 Å². The van der Waals surface area contributed by atoms with E-state index in [1.54, 1.807) is 0 Å². The van der Waals surface area contributed by atoms with Crippen molar-refractivity contribution in [1.82, 2.24) is 9.78 Å². The van der Waals surface area contributed by atoms with E-state index in [1.165, 1.54) is 12.1 Å². The van der Waals surface area contributed by atoms with Crippen molar-refractivity contribution in [3.05, 3.63) is 18.0 Å². The summed E-state index contributed by atoms with van der Waals surface area (Å²) < 4.78 is 2.12. The summed E-state index contributed by atoms with van der Waals surface area (Å²) in [5, 5.41) is 5.01. The molecule has 0 aliphatic carbocycles. The van der Waals surface area contributed by atoms with Gasteiger partial charge in [0.2, 0.25) is 0 Å². The first-order valence-corrected chi connectivity index (χ1v) is 7.82. The van der Waals surface area contributed by atoms with Gasteiger partial charge in [-0.25, -0.2) is 0 Å². The van der Waals surface area contributed by atoms with Gasteiger partial charge in [-0.2, -0.15) is 5.10 Å². The number of halogens is 1. The zero-order valence-corrected chi connectivity index (χ0v) is 12.8. The Morgan fingerprint density at radius 3 is 2.56 bits per heavy atom. The molecule has 0 aliphatic rings. The largest absolute Gasteiger partial charge is 0.269 e. The molecule has 1 atom stereocenters. The monoisotopic (exact) mass is 270 g/mol. The lowest BCUT2D eigenvalue weighted by atomic mass is 10.1. The van der Waals surface area contributed by atoms with E-state index in [2.05, 4.69) is 42.8 Å². The molecule has 0 saturated carbocycles. The summed E-state index contributed by atoms with van der Waals surface area (Å²) in [4.78, 5) is 0. The molecule has 1 rings (SSSR count). The molecule has 1 aromatic heterocycles. The van der Waals surface area contributed by atoms with E-state index in [0.29, 0.717) is 11.4 Å². The minimum atomic E-state index is 0.344. The fraction of sp³-hybridized carbons (Fsp3) is 0.800. The highest BCUT2D eigenvalue weighted by atomic mass is 35.5. The highest BCUT2D eigenvalue weighted by Gasteiger charge is 2.08. The molecule has 0 spiro atoms. The van der Waals surface area contributed by atoms with Gasteiger partial charge in [0.05, 0.1) is 11.7 Å². The fourth-order valence-corrected chi connectivity index (χ4v) is 2.71. The van der Waals surface area contributed by atoms with Gasteiger partial charge in [0, 0.05) is 11.6 Å². The van der Waals surface area contributed by atoms with Gasteiger partial charge in [0.15, 0.2) is 0 Å². The molecule has 0 aromatic carbocycles. The van der Waals surface area contributed by atoms with Crippen molar-refractivity contribution >= 4 is 11.6 Å². The molecule has 0 bridgehead atoms. The maximum atomic E-state index is 6.22. The van der Waals surface area contributed by atoms with E-state index in [9.17, 15) is 0 Å². The zero-order chi connectivity index (χ0) is 13.4. The third-order valence-corrected chi connectivity index (χ3v) is 3.97. The Bertz CT molecular complexity index is 318. The van der Waals surface area contributed by atoms with Gasteiger partial charge in [-0.15, -0.1) is 11.6 Å². The van der Waals surface area contributed by atoms with Gasteiger partial charge in [-0.1, -0.05) is 27.2 Å². The smallest absolute Gasteiger partial charge is 0.0624 e. The molecule has 0 aliphatic heterocycles. The van der Waals surface area contributed by atoms with Gasteiger partial charge < -0.3 is 0 Å². The van der Waals surface area contributed by atoms with Crippen molar-refractivity contribution in [3.8, 4) is 0 Å². The molecule has 0 fully saturated rings. The summed E-state index contributed by atoms with van der Waals surface area (Å²) in [6.07, 6.45) is 10.0. The molecule has 18 heavy (non-hydrogen) atoms. The summed E-state index contributed by atoms with van der Waals surface area (Å²) >= 11 is 6.22. The SMILES string of the molecule is CCCC(Cl)CCCc1ccn(C(CC)CC)n1. The molecule has 0 amide bonds. The van der Waals surface area contributed by atoms with Gasteiger partial charge in [-0.05, 0) is 44.6 Å². The van der Waals surface area contributed by atoms with E-state index < -0.39 is 0 Å². The Morgan fingerprint density at radius 1 is 1.22 bits per heavy atom. The molecule has 2 nitrogen and oxygen atoms in total. The minimum Gasteiger partial charge on any atom is -0.269 e.